The van der Waals surface area contributed by atoms with Crippen molar-refractivity contribution in [3.63, 3.8) is 0 Å². The summed E-state index contributed by atoms with van der Waals surface area (Å²) in [4.78, 5) is 33.8. The number of amides is 1. The molecular formula is C32H28N2O6S. The summed E-state index contributed by atoms with van der Waals surface area (Å²) >= 11 is 1.32. The van der Waals surface area contributed by atoms with Crippen LogP contribution in [0.4, 0.5) is 5.13 Å². The minimum atomic E-state index is -0.983. The number of hydrogen-bond acceptors (Lipinski definition) is 8. The summed E-state index contributed by atoms with van der Waals surface area (Å²) in [5.41, 5.74) is 2.77. The summed E-state index contributed by atoms with van der Waals surface area (Å²) in [5.74, 6) is -0.912. The van der Waals surface area contributed by atoms with E-state index in [4.69, 9.17) is 18.9 Å². The Hall–Kier alpha value is -4.63. The predicted octanol–water partition coefficient (Wildman–Crippen LogP) is 7.32. The SMILES string of the molecule is CCCCOc1ccc(C2C(C(=O)c3cc4ccccc4o3)=C(O)C(=O)N2c2nc3ccc(C)cc3s2)cc1OC. The largest absolute Gasteiger partial charge is 0.503 e. The molecular weight excluding hydrogens is 540 g/mol. The van der Waals surface area contributed by atoms with Crippen molar-refractivity contribution in [3.05, 3.63) is 94.9 Å². The van der Waals surface area contributed by atoms with Crippen molar-refractivity contribution >= 4 is 49.3 Å². The van der Waals surface area contributed by atoms with Crippen molar-refractivity contribution in [1.82, 2.24) is 4.98 Å². The maximum atomic E-state index is 14.0. The molecule has 0 fully saturated rings. The molecule has 0 saturated carbocycles. The molecule has 1 unspecified atom stereocenters. The molecule has 6 rings (SSSR count). The number of methoxy groups -OCH3 is 1. The number of unbranched alkanes of at least 4 members (excludes halogenated alkanes) is 1. The third kappa shape index (κ3) is 4.72. The molecule has 0 saturated heterocycles. The molecule has 1 aliphatic rings. The maximum absolute atomic E-state index is 14.0. The van der Waals surface area contributed by atoms with E-state index in [1.165, 1.54) is 23.3 Å². The lowest BCUT2D eigenvalue weighted by Crippen LogP contribution is -2.31. The van der Waals surface area contributed by atoms with Gasteiger partial charge in [-0.25, -0.2) is 4.98 Å². The molecule has 3 heterocycles. The number of benzene rings is 3. The first kappa shape index (κ1) is 26.6. The summed E-state index contributed by atoms with van der Waals surface area (Å²) in [5, 5.41) is 12.3. The van der Waals surface area contributed by atoms with Crippen molar-refractivity contribution < 1.29 is 28.6 Å². The van der Waals surface area contributed by atoms with Gasteiger partial charge in [-0.15, -0.1) is 0 Å². The van der Waals surface area contributed by atoms with Gasteiger partial charge in [-0.2, -0.15) is 0 Å². The van der Waals surface area contributed by atoms with Gasteiger partial charge in [0.2, 0.25) is 5.78 Å². The number of ether oxygens (including phenoxy) is 2. The van der Waals surface area contributed by atoms with Gasteiger partial charge in [0.25, 0.3) is 5.91 Å². The van der Waals surface area contributed by atoms with Gasteiger partial charge >= 0.3 is 0 Å². The molecule has 208 valence electrons. The zero-order valence-electron chi connectivity index (χ0n) is 22.8. The van der Waals surface area contributed by atoms with Crippen molar-refractivity contribution in [2.75, 3.05) is 18.6 Å². The van der Waals surface area contributed by atoms with Gasteiger partial charge in [-0.05, 0) is 60.9 Å². The summed E-state index contributed by atoms with van der Waals surface area (Å²) in [7, 11) is 1.53. The molecule has 41 heavy (non-hydrogen) atoms. The number of aliphatic hydroxyl groups is 1. The highest BCUT2D eigenvalue weighted by Gasteiger charge is 2.47. The van der Waals surface area contributed by atoms with E-state index >= 15 is 0 Å². The van der Waals surface area contributed by atoms with Gasteiger partial charge in [0.15, 0.2) is 28.1 Å². The van der Waals surface area contributed by atoms with Crippen LogP contribution in [-0.4, -0.2) is 35.5 Å². The van der Waals surface area contributed by atoms with Crippen molar-refractivity contribution in [3.8, 4) is 11.5 Å². The minimum absolute atomic E-state index is 0.0267. The molecule has 8 nitrogen and oxygen atoms in total. The number of ketones is 1. The highest BCUT2D eigenvalue weighted by Crippen LogP contribution is 2.46. The Balaban J connectivity index is 1.48. The van der Waals surface area contributed by atoms with Crippen LogP contribution in [0.3, 0.4) is 0 Å². The van der Waals surface area contributed by atoms with Crippen LogP contribution in [0, 0.1) is 6.92 Å². The van der Waals surface area contributed by atoms with Gasteiger partial charge in [-0.3, -0.25) is 14.5 Å². The molecule has 1 atom stereocenters. The number of para-hydroxylation sites is 1. The molecule has 0 radical (unpaired) electrons. The summed E-state index contributed by atoms with van der Waals surface area (Å²) in [6, 6.07) is 19.0. The van der Waals surface area contributed by atoms with Gasteiger partial charge in [-0.1, -0.05) is 55.0 Å². The Bertz CT molecular complexity index is 1800. The summed E-state index contributed by atoms with van der Waals surface area (Å²) in [6.07, 6.45) is 1.87. The number of aryl methyl sites for hydroxylation is 1. The van der Waals surface area contributed by atoms with Gasteiger partial charge < -0.3 is 19.0 Å². The lowest BCUT2D eigenvalue weighted by molar-refractivity contribution is -0.117. The predicted molar refractivity (Wildman–Crippen MR) is 158 cm³/mol. The zero-order chi connectivity index (χ0) is 28.7. The monoisotopic (exact) mass is 568 g/mol. The van der Waals surface area contributed by atoms with E-state index < -0.39 is 23.5 Å². The van der Waals surface area contributed by atoms with Crippen LogP contribution < -0.4 is 14.4 Å². The van der Waals surface area contributed by atoms with E-state index in [1.807, 2.05) is 43.3 Å². The first-order valence-corrected chi connectivity index (χ1v) is 14.2. The zero-order valence-corrected chi connectivity index (χ0v) is 23.7. The highest BCUT2D eigenvalue weighted by atomic mass is 32.1. The number of nitrogens with zero attached hydrogens (tertiary/aromatic N) is 2. The van der Waals surface area contributed by atoms with E-state index in [9.17, 15) is 14.7 Å². The van der Waals surface area contributed by atoms with Crippen LogP contribution >= 0.6 is 11.3 Å². The number of aliphatic hydroxyl groups excluding tert-OH is 1. The Kier molecular flexibility index (Phi) is 6.96. The quantitative estimate of drug-likeness (QED) is 0.147. The second kappa shape index (κ2) is 10.7. The second-order valence-electron chi connectivity index (χ2n) is 9.90. The maximum Gasteiger partial charge on any atom is 0.296 e. The van der Waals surface area contributed by atoms with Gasteiger partial charge in [0, 0.05) is 5.39 Å². The smallest absolute Gasteiger partial charge is 0.296 e. The number of fused-ring (bicyclic) bond motifs is 2. The fourth-order valence-corrected chi connectivity index (χ4v) is 6.09. The number of carbonyl (C=O) groups is 2. The van der Waals surface area contributed by atoms with E-state index in [2.05, 4.69) is 6.92 Å². The highest BCUT2D eigenvalue weighted by molar-refractivity contribution is 7.22. The van der Waals surface area contributed by atoms with Crippen molar-refractivity contribution in [2.24, 2.45) is 0 Å². The van der Waals surface area contributed by atoms with Gasteiger partial charge in [0.1, 0.15) is 5.58 Å². The normalized spacial score (nSPS) is 15.3. The standard InChI is InChI=1S/C32H28N2O6S/c1-4-5-14-39-23-13-11-20(17-24(23)38-3)28-27(29(35)25-16-19-8-6-7-9-22(19)40-25)30(36)31(37)34(28)32-33-21-12-10-18(2)15-26(21)41-32/h6-13,15-17,28,36H,4-5,14H2,1-3H3. The molecule has 0 bridgehead atoms. The number of thiazole rings is 1. The minimum Gasteiger partial charge on any atom is -0.503 e. The topological polar surface area (TPSA) is 102 Å². The molecule has 2 aromatic heterocycles. The van der Waals surface area contributed by atoms with Crippen LogP contribution in [0.15, 0.2) is 82.5 Å². The summed E-state index contributed by atoms with van der Waals surface area (Å²) in [6.45, 7) is 4.59. The van der Waals surface area contributed by atoms with E-state index in [0.29, 0.717) is 34.4 Å². The average molecular weight is 569 g/mol. The summed E-state index contributed by atoms with van der Waals surface area (Å²) < 4.78 is 18.3. The van der Waals surface area contributed by atoms with Crippen LogP contribution in [0.1, 0.15) is 47.5 Å². The van der Waals surface area contributed by atoms with Crippen LogP contribution in [0.2, 0.25) is 0 Å². The van der Waals surface area contributed by atoms with Gasteiger partial charge in [0.05, 0.1) is 35.5 Å². The average Bonchev–Trinajstić information content (AvgIpc) is 3.66. The molecule has 1 amide bonds. The Morgan fingerprint density at radius 1 is 1.10 bits per heavy atom. The fraction of sp³-hybridized carbons (Fsp3) is 0.219. The number of aromatic nitrogens is 1. The molecule has 5 aromatic rings. The molecule has 9 heteroatoms. The third-order valence-electron chi connectivity index (χ3n) is 7.10. The Morgan fingerprint density at radius 2 is 1.93 bits per heavy atom. The van der Waals surface area contributed by atoms with Crippen LogP contribution in [0.5, 0.6) is 11.5 Å². The Morgan fingerprint density at radius 3 is 2.71 bits per heavy atom. The van der Waals surface area contributed by atoms with Crippen molar-refractivity contribution in [1.29, 1.82) is 0 Å². The first-order valence-electron chi connectivity index (χ1n) is 13.4. The molecule has 3 aromatic carbocycles. The van der Waals surface area contributed by atoms with E-state index in [0.717, 1.165) is 34.0 Å². The van der Waals surface area contributed by atoms with E-state index in [-0.39, 0.29) is 11.3 Å². The lowest BCUT2D eigenvalue weighted by Gasteiger charge is -2.25. The number of anilines is 1. The molecule has 1 aliphatic heterocycles. The number of carbonyl (C=O) groups excluding carboxylic acids is 2. The van der Waals surface area contributed by atoms with Crippen LogP contribution in [-0.2, 0) is 4.79 Å². The Labute approximate surface area is 240 Å². The number of Topliss-reactive ketones (excluding diaryl/α,β-unsaturated/α-hetero) is 1. The second-order valence-corrected chi connectivity index (χ2v) is 10.9. The molecule has 1 N–H and O–H groups in total. The van der Waals surface area contributed by atoms with E-state index in [1.54, 1.807) is 30.3 Å². The lowest BCUT2D eigenvalue weighted by atomic mass is 9.95. The number of rotatable bonds is 9. The van der Waals surface area contributed by atoms with Crippen LogP contribution in [0.25, 0.3) is 21.2 Å². The van der Waals surface area contributed by atoms with Crippen molar-refractivity contribution in [2.45, 2.75) is 32.7 Å². The number of furan rings is 1. The third-order valence-corrected chi connectivity index (χ3v) is 8.12. The molecule has 0 aliphatic carbocycles. The fourth-order valence-electron chi connectivity index (χ4n) is 5.00. The molecule has 0 spiro atoms. The number of hydrogen-bond donors (Lipinski definition) is 1. The first-order chi connectivity index (χ1) is 19.9.